The van der Waals surface area contributed by atoms with Crippen LogP contribution >= 0.6 is 11.3 Å². The number of Topliss-reactive ketones (excluding diaryl/α,β-unsaturated/α-hetero) is 1. The second-order valence-corrected chi connectivity index (χ2v) is 6.58. The second kappa shape index (κ2) is 5.58. The lowest BCUT2D eigenvalue weighted by molar-refractivity contribution is -0.116. The highest BCUT2D eigenvalue weighted by Crippen LogP contribution is 2.43. The van der Waals surface area contributed by atoms with Crippen molar-refractivity contribution < 1.29 is 9.53 Å². The van der Waals surface area contributed by atoms with Gasteiger partial charge in [0, 0.05) is 34.8 Å². The molecule has 1 aliphatic heterocycles. The summed E-state index contributed by atoms with van der Waals surface area (Å²) in [6.07, 6.45) is 4.48. The molecule has 2 aliphatic rings. The lowest BCUT2D eigenvalue weighted by Crippen LogP contribution is -2.21. The van der Waals surface area contributed by atoms with E-state index < -0.39 is 0 Å². The van der Waals surface area contributed by atoms with Crippen molar-refractivity contribution in [3.8, 4) is 0 Å². The van der Waals surface area contributed by atoms with E-state index in [1.165, 1.54) is 4.88 Å². The van der Waals surface area contributed by atoms with Crippen LogP contribution in [0.3, 0.4) is 0 Å². The quantitative estimate of drug-likeness (QED) is 0.788. The molecule has 0 saturated carbocycles. The number of rotatable bonds is 2. The Labute approximate surface area is 133 Å². The van der Waals surface area contributed by atoms with Crippen molar-refractivity contribution in [2.45, 2.75) is 25.2 Å². The molecule has 4 rings (SSSR count). The first-order chi connectivity index (χ1) is 10.8. The zero-order chi connectivity index (χ0) is 14.9. The third kappa shape index (κ3) is 2.32. The number of ketones is 1. The van der Waals surface area contributed by atoms with Crippen molar-refractivity contribution >= 4 is 22.9 Å². The molecule has 2 heterocycles. The Balaban J connectivity index is 1.82. The van der Waals surface area contributed by atoms with Crippen LogP contribution in [0, 0.1) is 0 Å². The van der Waals surface area contributed by atoms with E-state index in [1.54, 1.807) is 11.3 Å². The van der Waals surface area contributed by atoms with Crippen molar-refractivity contribution in [1.29, 1.82) is 0 Å². The SMILES string of the molecule is O=C1CCCC2=C1C(c1cccs1)C=C(c1ccccc1)O2. The zero-order valence-electron chi connectivity index (χ0n) is 12.1. The molecule has 110 valence electrons. The van der Waals surface area contributed by atoms with Crippen LogP contribution in [0.5, 0.6) is 0 Å². The van der Waals surface area contributed by atoms with Gasteiger partial charge in [-0.1, -0.05) is 36.4 Å². The highest BCUT2D eigenvalue weighted by atomic mass is 32.1. The lowest BCUT2D eigenvalue weighted by Gasteiger charge is -2.29. The largest absolute Gasteiger partial charge is 0.461 e. The van der Waals surface area contributed by atoms with E-state index in [4.69, 9.17) is 4.74 Å². The Kier molecular flexibility index (Phi) is 3.43. The Morgan fingerprint density at radius 2 is 1.91 bits per heavy atom. The van der Waals surface area contributed by atoms with Gasteiger partial charge in [0.25, 0.3) is 0 Å². The summed E-state index contributed by atoms with van der Waals surface area (Å²) in [7, 11) is 0. The average molecular weight is 308 g/mol. The van der Waals surface area contributed by atoms with Gasteiger partial charge in [-0.05, 0) is 23.9 Å². The first-order valence-corrected chi connectivity index (χ1v) is 8.45. The minimum Gasteiger partial charge on any atom is -0.461 e. The zero-order valence-corrected chi connectivity index (χ0v) is 12.9. The van der Waals surface area contributed by atoms with Crippen LogP contribution < -0.4 is 0 Å². The number of allylic oxidation sites excluding steroid dienone is 3. The fraction of sp³-hybridized carbons (Fsp3) is 0.211. The first kappa shape index (κ1) is 13.5. The Morgan fingerprint density at radius 1 is 1.05 bits per heavy atom. The van der Waals surface area contributed by atoms with Gasteiger partial charge in [-0.25, -0.2) is 0 Å². The monoisotopic (exact) mass is 308 g/mol. The van der Waals surface area contributed by atoms with Gasteiger partial charge in [0.1, 0.15) is 11.5 Å². The molecule has 0 saturated heterocycles. The summed E-state index contributed by atoms with van der Waals surface area (Å²) in [5, 5.41) is 2.06. The van der Waals surface area contributed by atoms with Crippen molar-refractivity contribution in [2.24, 2.45) is 0 Å². The standard InChI is InChI=1S/C19H16O2S/c20-15-8-4-9-16-19(15)14(18-10-5-11-22-18)12-17(21-16)13-6-2-1-3-7-13/h1-3,5-7,10-12,14H,4,8-9H2. The molecule has 2 aromatic rings. The van der Waals surface area contributed by atoms with Gasteiger partial charge in [0.15, 0.2) is 5.78 Å². The van der Waals surface area contributed by atoms with Gasteiger partial charge >= 0.3 is 0 Å². The molecule has 1 unspecified atom stereocenters. The van der Waals surface area contributed by atoms with Gasteiger partial charge in [-0.2, -0.15) is 0 Å². The number of benzene rings is 1. The van der Waals surface area contributed by atoms with Crippen LogP contribution in [0.4, 0.5) is 0 Å². The number of thiophene rings is 1. The summed E-state index contributed by atoms with van der Waals surface area (Å²) in [6, 6.07) is 14.3. The average Bonchev–Trinajstić information content (AvgIpc) is 3.09. The second-order valence-electron chi connectivity index (χ2n) is 5.61. The van der Waals surface area contributed by atoms with Crippen molar-refractivity contribution in [2.75, 3.05) is 0 Å². The first-order valence-electron chi connectivity index (χ1n) is 7.57. The predicted octanol–water partition coefficient (Wildman–Crippen LogP) is 4.91. The highest BCUT2D eigenvalue weighted by molar-refractivity contribution is 7.10. The fourth-order valence-corrected chi connectivity index (χ4v) is 3.94. The molecule has 3 heteroatoms. The molecule has 0 fully saturated rings. The van der Waals surface area contributed by atoms with Gasteiger partial charge in [-0.3, -0.25) is 4.79 Å². The van der Waals surface area contributed by atoms with Crippen LogP contribution in [0.25, 0.3) is 5.76 Å². The molecular formula is C19H16O2S. The summed E-state index contributed by atoms with van der Waals surface area (Å²) in [6.45, 7) is 0. The maximum absolute atomic E-state index is 12.4. The summed E-state index contributed by atoms with van der Waals surface area (Å²) in [5.74, 6) is 2.01. The molecule has 0 N–H and O–H groups in total. The van der Waals surface area contributed by atoms with Crippen LogP contribution in [-0.4, -0.2) is 5.78 Å². The Morgan fingerprint density at radius 3 is 2.68 bits per heavy atom. The number of carbonyl (C=O) groups is 1. The van der Waals surface area contributed by atoms with E-state index in [-0.39, 0.29) is 11.7 Å². The van der Waals surface area contributed by atoms with E-state index in [0.29, 0.717) is 6.42 Å². The molecule has 1 atom stereocenters. The van der Waals surface area contributed by atoms with E-state index in [1.807, 2.05) is 36.4 Å². The number of hydrogen-bond donors (Lipinski definition) is 0. The maximum atomic E-state index is 12.4. The third-order valence-corrected chi connectivity index (χ3v) is 5.13. The summed E-state index contributed by atoms with van der Waals surface area (Å²) in [4.78, 5) is 13.6. The summed E-state index contributed by atoms with van der Waals surface area (Å²) < 4.78 is 6.10. The number of ether oxygens (including phenoxy) is 1. The molecule has 1 aliphatic carbocycles. The molecule has 1 aromatic heterocycles. The smallest absolute Gasteiger partial charge is 0.163 e. The molecule has 0 amide bonds. The van der Waals surface area contributed by atoms with Gasteiger partial charge < -0.3 is 4.74 Å². The Bertz CT molecular complexity index is 754. The van der Waals surface area contributed by atoms with Crippen LogP contribution in [0.2, 0.25) is 0 Å². The maximum Gasteiger partial charge on any atom is 0.163 e. The minimum absolute atomic E-state index is 0.0340. The van der Waals surface area contributed by atoms with E-state index >= 15 is 0 Å². The minimum atomic E-state index is 0.0340. The predicted molar refractivity (Wildman–Crippen MR) is 88.4 cm³/mol. The normalized spacial score (nSPS) is 21.2. The number of hydrogen-bond acceptors (Lipinski definition) is 3. The van der Waals surface area contributed by atoms with Gasteiger partial charge in [0.05, 0.1) is 0 Å². The summed E-state index contributed by atoms with van der Waals surface area (Å²) >= 11 is 1.70. The molecule has 1 aromatic carbocycles. The van der Waals surface area contributed by atoms with Gasteiger partial charge in [-0.15, -0.1) is 11.3 Å². The van der Waals surface area contributed by atoms with Crippen molar-refractivity contribution in [3.05, 3.63) is 75.7 Å². The third-order valence-electron chi connectivity index (χ3n) is 4.18. The summed E-state index contributed by atoms with van der Waals surface area (Å²) in [5.41, 5.74) is 1.93. The van der Waals surface area contributed by atoms with E-state index in [0.717, 1.165) is 35.5 Å². The lowest BCUT2D eigenvalue weighted by atomic mass is 9.83. The molecule has 0 spiro atoms. The molecule has 2 nitrogen and oxygen atoms in total. The van der Waals surface area contributed by atoms with Crippen molar-refractivity contribution in [1.82, 2.24) is 0 Å². The molecule has 0 radical (unpaired) electrons. The molecule has 22 heavy (non-hydrogen) atoms. The number of carbonyl (C=O) groups excluding carboxylic acids is 1. The molecular weight excluding hydrogens is 292 g/mol. The van der Waals surface area contributed by atoms with Crippen molar-refractivity contribution in [3.63, 3.8) is 0 Å². The molecule has 0 bridgehead atoms. The fourth-order valence-electron chi connectivity index (χ4n) is 3.14. The highest BCUT2D eigenvalue weighted by Gasteiger charge is 2.33. The van der Waals surface area contributed by atoms with Gasteiger partial charge in [0.2, 0.25) is 0 Å². The van der Waals surface area contributed by atoms with Crippen LogP contribution in [-0.2, 0) is 9.53 Å². The van der Waals surface area contributed by atoms with Crippen LogP contribution in [0.1, 0.15) is 35.6 Å². The Hall–Kier alpha value is -2.13. The van der Waals surface area contributed by atoms with Crippen LogP contribution in [0.15, 0.2) is 65.3 Å². The van der Waals surface area contributed by atoms with E-state index in [2.05, 4.69) is 17.5 Å². The topological polar surface area (TPSA) is 26.3 Å². The van der Waals surface area contributed by atoms with E-state index in [9.17, 15) is 4.79 Å².